The quantitative estimate of drug-likeness (QED) is 0.529. The molecule has 0 unspecified atom stereocenters. The van der Waals surface area contributed by atoms with Crippen molar-refractivity contribution < 1.29 is 24.1 Å². The molecular weight excluding hydrogens is 464 g/mol. The Kier molecular flexibility index (Phi) is 7.58. The van der Waals surface area contributed by atoms with Crippen molar-refractivity contribution in [3.8, 4) is 23.3 Å². The van der Waals surface area contributed by atoms with E-state index in [9.17, 15) is 15.2 Å². The van der Waals surface area contributed by atoms with E-state index in [1.807, 2.05) is 39.0 Å². The van der Waals surface area contributed by atoms with E-state index in [1.165, 1.54) is 16.7 Å². The molecule has 0 radical (unpaired) electrons. The number of thioether (sulfide) groups is 1. The van der Waals surface area contributed by atoms with Crippen molar-refractivity contribution in [3.05, 3.63) is 64.2 Å². The monoisotopic (exact) mass is 494 g/mol. The Bertz CT molecular complexity index is 1160. The number of allylic oxidation sites excluding steroid dienone is 1. The number of hydrogen-bond donors (Lipinski definition) is 1. The molecule has 0 aliphatic carbocycles. The summed E-state index contributed by atoms with van der Waals surface area (Å²) in [6.45, 7) is 7.43. The smallest absolute Gasteiger partial charge is 0.231 e. The lowest BCUT2D eigenvalue weighted by molar-refractivity contribution is -0.149. The average molecular weight is 495 g/mol. The van der Waals surface area contributed by atoms with E-state index in [2.05, 4.69) is 6.07 Å². The van der Waals surface area contributed by atoms with Gasteiger partial charge in [0.2, 0.25) is 5.91 Å². The second-order valence-corrected chi connectivity index (χ2v) is 9.33. The SMILES string of the molecule is CCCOc1ccc([C@@H]2CC(=O)N3C(=C2C#N)SC[C@]3(O)c2ccc(OCC)cc2)cc1OCC. The van der Waals surface area contributed by atoms with Crippen molar-refractivity contribution in [3.63, 3.8) is 0 Å². The summed E-state index contributed by atoms with van der Waals surface area (Å²) in [5.74, 6) is 1.53. The molecule has 1 amide bonds. The molecule has 1 N–H and O–H groups in total. The molecule has 184 valence electrons. The van der Waals surface area contributed by atoms with E-state index >= 15 is 0 Å². The summed E-state index contributed by atoms with van der Waals surface area (Å²) in [5.41, 5.74) is 0.347. The Morgan fingerprint density at radius 2 is 1.83 bits per heavy atom. The molecule has 2 aliphatic heterocycles. The van der Waals surface area contributed by atoms with Crippen LogP contribution in [0.5, 0.6) is 17.2 Å². The van der Waals surface area contributed by atoms with Crippen LogP contribution >= 0.6 is 11.8 Å². The zero-order chi connectivity index (χ0) is 25.0. The number of benzene rings is 2. The molecule has 2 aromatic rings. The van der Waals surface area contributed by atoms with Gasteiger partial charge in [0.15, 0.2) is 17.2 Å². The molecule has 0 saturated carbocycles. The third-order valence-electron chi connectivity index (χ3n) is 6.07. The summed E-state index contributed by atoms with van der Waals surface area (Å²) < 4.78 is 17.1. The van der Waals surface area contributed by atoms with E-state index in [4.69, 9.17) is 14.2 Å². The lowest BCUT2D eigenvalue weighted by Gasteiger charge is -2.38. The zero-order valence-electron chi connectivity index (χ0n) is 20.2. The summed E-state index contributed by atoms with van der Waals surface area (Å²) in [5, 5.41) is 22.2. The minimum absolute atomic E-state index is 0.0764. The maximum atomic E-state index is 13.4. The highest BCUT2D eigenvalue weighted by Crippen LogP contribution is 2.52. The fourth-order valence-corrected chi connectivity index (χ4v) is 5.81. The molecule has 0 spiro atoms. The van der Waals surface area contributed by atoms with Crippen molar-refractivity contribution >= 4 is 17.7 Å². The molecule has 1 fully saturated rings. The summed E-state index contributed by atoms with van der Waals surface area (Å²) in [6.07, 6.45) is 0.951. The van der Waals surface area contributed by atoms with Crippen molar-refractivity contribution in [2.24, 2.45) is 0 Å². The normalized spacial score (nSPS) is 21.5. The number of carbonyl (C=O) groups excluding carboxylic acids is 1. The molecule has 0 aromatic heterocycles. The van der Waals surface area contributed by atoms with E-state index in [0.717, 1.165) is 12.0 Å². The van der Waals surface area contributed by atoms with Gasteiger partial charge < -0.3 is 19.3 Å². The van der Waals surface area contributed by atoms with Gasteiger partial charge in [-0.15, -0.1) is 11.8 Å². The lowest BCUT2D eigenvalue weighted by Crippen LogP contribution is -2.48. The van der Waals surface area contributed by atoms with Crippen molar-refractivity contribution in [1.29, 1.82) is 5.26 Å². The number of fused-ring (bicyclic) bond motifs is 1. The van der Waals surface area contributed by atoms with Crippen LogP contribution in [-0.2, 0) is 10.5 Å². The summed E-state index contributed by atoms with van der Waals surface area (Å²) in [7, 11) is 0. The summed E-state index contributed by atoms with van der Waals surface area (Å²) in [4.78, 5) is 14.8. The number of hydrogen-bond acceptors (Lipinski definition) is 7. The highest BCUT2D eigenvalue weighted by molar-refractivity contribution is 8.03. The first-order valence-electron chi connectivity index (χ1n) is 11.9. The third-order valence-corrected chi connectivity index (χ3v) is 7.29. The van der Waals surface area contributed by atoms with Crippen molar-refractivity contribution in [2.45, 2.75) is 45.3 Å². The van der Waals surface area contributed by atoms with Crippen LogP contribution in [0.4, 0.5) is 0 Å². The number of nitriles is 1. The Morgan fingerprint density at radius 3 is 2.49 bits per heavy atom. The highest BCUT2D eigenvalue weighted by atomic mass is 32.2. The Hall–Kier alpha value is -3.15. The van der Waals surface area contributed by atoms with Crippen LogP contribution in [-0.4, -0.2) is 41.5 Å². The van der Waals surface area contributed by atoms with Gasteiger partial charge in [0.25, 0.3) is 0 Å². The average Bonchev–Trinajstić information content (AvgIpc) is 3.23. The molecule has 2 heterocycles. The summed E-state index contributed by atoms with van der Waals surface area (Å²) >= 11 is 1.33. The van der Waals surface area contributed by atoms with Crippen molar-refractivity contribution in [1.82, 2.24) is 4.90 Å². The van der Waals surface area contributed by atoms with Gasteiger partial charge in [-0.2, -0.15) is 5.26 Å². The maximum Gasteiger partial charge on any atom is 0.231 e. The predicted octanol–water partition coefficient (Wildman–Crippen LogP) is 4.92. The molecule has 8 heteroatoms. The van der Waals surface area contributed by atoms with Gasteiger partial charge in [-0.3, -0.25) is 9.69 Å². The third kappa shape index (κ3) is 4.71. The molecule has 7 nitrogen and oxygen atoms in total. The van der Waals surface area contributed by atoms with Crippen LogP contribution < -0.4 is 14.2 Å². The number of rotatable bonds is 9. The van der Waals surface area contributed by atoms with Gasteiger partial charge in [0.05, 0.1) is 42.2 Å². The van der Waals surface area contributed by atoms with Crippen LogP contribution in [0.3, 0.4) is 0 Å². The minimum Gasteiger partial charge on any atom is -0.494 e. The number of carbonyl (C=O) groups is 1. The van der Waals surface area contributed by atoms with Gasteiger partial charge in [0, 0.05) is 17.9 Å². The van der Waals surface area contributed by atoms with Gasteiger partial charge in [-0.05, 0) is 50.1 Å². The first-order valence-corrected chi connectivity index (χ1v) is 12.9. The van der Waals surface area contributed by atoms with Crippen LogP contribution in [0.25, 0.3) is 0 Å². The molecule has 1 saturated heterocycles. The Balaban J connectivity index is 1.70. The molecule has 2 aliphatic rings. The van der Waals surface area contributed by atoms with Crippen molar-refractivity contribution in [2.75, 3.05) is 25.6 Å². The van der Waals surface area contributed by atoms with E-state index in [-0.39, 0.29) is 18.1 Å². The summed E-state index contributed by atoms with van der Waals surface area (Å²) in [6, 6.07) is 15.0. The Morgan fingerprint density at radius 1 is 1.09 bits per heavy atom. The zero-order valence-corrected chi connectivity index (χ0v) is 21.1. The molecular formula is C27H30N2O5S. The van der Waals surface area contributed by atoms with E-state index < -0.39 is 11.6 Å². The van der Waals surface area contributed by atoms with E-state index in [1.54, 1.807) is 24.3 Å². The van der Waals surface area contributed by atoms with E-state index in [0.29, 0.717) is 53.2 Å². The molecule has 35 heavy (non-hydrogen) atoms. The molecule has 0 bridgehead atoms. The minimum atomic E-state index is -1.52. The number of ether oxygens (including phenoxy) is 3. The molecule has 2 aromatic carbocycles. The second-order valence-electron chi connectivity index (χ2n) is 8.37. The van der Waals surface area contributed by atoms with Gasteiger partial charge >= 0.3 is 0 Å². The fourth-order valence-electron chi connectivity index (χ4n) is 4.45. The Labute approximate surface area is 210 Å². The lowest BCUT2D eigenvalue weighted by atomic mass is 9.85. The predicted molar refractivity (Wildman–Crippen MR) is 134 cm³/mol. The van der Waals surface area contributed by atoms with Gasteiger partial charge in [-0.25, -0.2) is 0 Å². The standard InChI is InChI=1S/C27H30N2O5S/c1-4-13-34-23-12-7-18(14-24(23)33-6-3)21-15-25(30)29-26(22(21)16-28)35-17-27(29,31)19-8-10-20(11-9-19)32-5-2/h7-12,14,21,31H,4-6,13,15,17H2,1-3H3/t21-,27-/m0/s1. The van der Waals surface area contributed by atoms with Crippen LogP contribution in [0.1, 0.15) is 50.7 Å². The number of aliphatic hydroxyl groups is 1. The second kappa shape index (κ2) is 10.6. The van der Waals surface area contributed by atoms with Crippen LogP contribution in [0.2, 0.25) is 0 Å². The highest BCUT2D eigenvalue weighted by Gasteiger charge is 2.51. The molecule has 4 rings (SSSR count). The first kappa shape index (κ1) is 25.0. The first-order chi connectivity index (χ1) is 17.0. The fraction of sp³-hybridized carbons (Fsp3) is 0.407. The molecule has 2 atom stereocenters. The maximum absolute atomic E-state index is 13.4. The van der Waals surface area contributed by atoms with Gasteiger partial charge in [0.1, 0.15) is 5.75 Å². The van der Waals surface area contributed by atoms with Gasteiger partial charge in [-0.1, -0.05) is 25.1 Å². The van der Waals surface area contributed by atoms with Crippen LogP contribution in [0.15, 0.2) is 53.1 Å². The van der Waals surface area contributed by atoms with Crippen LogP contribution in [0, 0.1) is 11.3 Å². The topological polar surface area (TPSA) is 92.0 Å². The number of nitrogens with zero attached hydrogens (tertiary/aromatic N) is 2. The number of amides is 1. The largest absolute Gasteiger partial charge is 0.494 e.